The lowest BCUT2D eigenvalue weighted by Gasteiger charge is -1.02. The Labute approximate surface area is 27.3 Å². The molecule has 0 aromatic carbocycles. The first-order chi connectivity index (χ1) is 1.41. The predicted molar refractivity (Wildman–Crippen MR) is 15.3 cm³/mol. The van der Waals surface area contributed by atoms with Crippen molar-refractivity contribution in [2.24, 2.45) is 0 Å². The van der Waals surface area contributed by atoms with Crippen molar-refractivity contribution in [2.75, 3.05) is 0 Å². The van der Waals surface area contributed by atoms with E-state index in [0.717, 1.165) is 6.08 Å². The molecular weight excluding hydrogens is 73.0 g/mol. The van der Waals surface area contributed by atoms with Crippen LogP contribution in [0, 0.1) is 5.41 Å². The van der Waals surface area contributed by atoms with Gasteiger partial charge in [0.25, 0.3) is 0 Å². The Balaban J connectivity index is 0. The number of hydrogen-bond acceptors (Lipinski definition) is 2. The Bertz CT molecular complexity index is 29.0. The minimum atomic E-state index is 0. The van der Waals surface area contributed by atoms with E-state index in [1.165, 1.54) is 0 Å². The first-order valence-electron chi connectivity index (χ1n) is 0.454. The van der Waals surface area contributed by atoms with Gasteiger partial charge in [0.2, 0.25) is 6.08 Å². The van der Waals surface area contributed by atoms with Gasteiger partial charge >= 0.3 is 0 Å². The van der Waals surface area contributed by atoms with Gasteiger partial charge in [0.05, 0.1) is 0 Å². The Morgan fingerprint density at radius 3 is 1.75 bits per heavy atom. The number of hydrogen-bond donors (Lipinski definition) is 1. The lowest BCUT2D eigenvalue weighted by molar-refractivity contribution is 0.563. The lowest BCUT2D eigenvalue weighted by atomic mass is 11.7. The first-order valence-corrected chi connectivity index (χ1v) is 0.454. The standard InChI is InChI=1S/CHNO.P/c2-1-3;/h2H;. The minimum Gasteiger partial charge on any atom is -0.222 e. The van der Waals surface area contributed by atoms with E-state index in [1.54, 1.807) is 0 Å². The van der Waals surface area contributed by atoms with Crippen molar-refractivity contribution in [3.63, 3.8) is 0 Å². The summed E-state index contributed by atoms with van der Waals surface area (Å²) in [6.07, 6.45) is 0.750. The average molecular weight is 74.0 g/mol. The number of rotatable bonds is 0. The van der Waals surface area contributed by atoms with E-state index in [0.29, 0.717) is 0 Å². The molecule has 0 aliphatic carbocycles. The Morgan fingerprint density at radius 1 is 1.75 bits per heavy atom. The quantitative estimate of drug-likeness (QED) is 0.257. The largest absolute Gasteiger partial charge is 0.231 e. The van der Waals surface area contributed by atoms with Crippen LogP contribution in [0.25, 0.3) is 0 Å². The van der Waals surface area contributed by atoms with Gasteiger partial charge in [-0.2, -0.15) is 0 Å². The van der Waals surface area contributed by atoms with Gasteiger partial charge in [0.15, 0.2) is 0 Å². The van der Waals surface area contributed by atoms with Crippen LogP contribution in [0.2, 0.25) is 0 Å². The minimum absolute atomic E-state index is 0. The highest BCUT2D eigenvalue weighted by molar-refractivity contribution is 6.92. The van der Waals surface area contributed by atoms with Crippen molar-refractivity contribution < 1.29 is 4.79 Å². The van der Waals surface area contributed by atoms with E-state index >= 15 is 0 Å². The zero-order chi connectivity index (χ0) is 2.71. The lowest BCUT2D eigenvalue weighted by Crippen LogP contribution is -1.16. The molecule has 0 bridgehead atoms. The van der Waals surface area contributed by atoms with E-state index in [-0.39, 0.29) is 9.90 Å². The second kappa shape index (κ2) is 14.0. The molecule has 0 rings (SSSR count). The molecule has 0 spiro atoms. The number of isocyanates is 1. The highest BCUT2D eigenvalue weighted by Gasteiger charge is 1.03. The summed E-state index contributed by atoms with van der Waals surface area (Å²) >= 11 is 0. The van der Waals surface area contributed by atoms with Crippen molar-refractivity contribution in [3.8, 4) is 0 Å². The molecule has 4 heavy (non-hydrogen) atoms. The SMILES string of the molecule is N=C=O.[P]. The fourth-order valence-electron chi connectivity index (χ4n) is 0. The van der Waals surface area contributed by atoms with Gasteiger partial charge in [0.1, 0.15) is 0 Å². The first kappa shape index (κ1) is 9.18. The average Bonchev–Trinajstić information content (AvgIpc) is 0.918. The van der Waals surface area contributed by atoms with Gasteiger partial charge in [0, 0.05) is 9.90 Å². The zero-order valence-electron chi connectivity index (χ0n) is 1.86. The van der Waals surface area contributed by atoms with Crippen molar-refractivity contribution >= 4 is 16.0 Å². The summed E-state index contributed by atoms with van der Waals surface area (Å²) in [7, 11) is 0. The van der Waals surface area contributed by atoms with Crippen molar-refractivity contribution in [1.29, 1.82) is 5.41 Å². The molecule has 0 unspecified atom stereocenters. The Morgan fingerprint density at radius 2 is 1.75 bits per heavy atom. The molecule has 3 heteroatoms. The molecule has 0 atom stereocenters. The van der Waals surface area contributed by atoms with Gasteiger partial charge in [-0.05, 0) is 0 Å². The predicted octanol–water partition coefficient (Wildman–Crippen LogP) is 0.762. The van der Waals surface area contributed by atoms with Crippen LogP contribution in [0.4, 0.5) is 0 Å². The molecule has 0 aliphatic heterocycles. The van der Waals surface area contributed by atoms with Crippen LogP contribution in [0.3, 0.4) is 0 Å². The summed E-state index contributed by atoms with van der Waals surface area (Å²) < 4.78 is 0. The highest BCUT2D eigenvalue weighted by Crippen LogP contribution is 0.868. The summed E-state index contributed by atoms with van der Waals surface area (Å²) in [4.78, 5) is 8.35. The number of carbonyl (C=O) groups excluding carboxylic acids is 1. The zero-order valence-corrected chi connectivity index (χ0v) is 2.75. The van der Waals surface area contributed by atoms with Crippen LogP contribution in [-0.4, -0.2) is 6.08 Å². The Hall–Kier alpha value is -0.190. The van der Waals surface area contributed by atoms with Crippen molar-refractivity contribution in [2.45, 2.75) is 0 Å². The maximum atomic E-state index is 8.35. The molecule has 0 saturated carbocycles. The molecular formula is CHNOP. The summed E-state index contributed by atoms with van der Waals surface area (Å²) in [5.74, 6) is 0. The third kappa shape index (κ3) is 32.9. The van der Waals surface area contributed by atoms with E-state index in [2.05, 4.69) is 0 Å². The monoisotopic (exact) mass is 74.0 g/mol. The molecule has 0 saturated heterocycles. The van der Waals surface area contributed by atoms with E-state index in [9.17, 15) is 0 Å². The summed E-state index contributed by atoms with van der Waals surface area (Å²) in [6, 6.07) is 0. The van der Waals surface area contributed by atoms with Crippen LogP contribution in [0.5, 0.6) is 0 Å². The summed E-state index contributed by atoms with van der Waals surface area (Å²) in [6.45, 7) is 0. The summed E-state index contributed by atoms with van der Waals surface area (Å²) in [5, 5.41) is 5.40. The molecule has 0 aromatic rings. The maximum absolute atomic E-state index is 8.35. The van der Waals surface area contributed by atoms with E-state index < -0.39 is 0 Å². The third-order valence-electron chi connectivity index (χ3n) is 0. The van der Waals surface area contributed by atoms with Crippen LogP contribution < -0.4 is 0 Å². The van der Waals surface area contributed by atoms with E-state index in [1.807, 2.05) is 0 Å². The molecule has 3 radical (unpaired) electrons. The maximum Gasteiger partial charge on any atom is 0.231 e. The van der Waals surface area contributed by atoms with Crippen LogP contribution in [0.15, 0.2) is 0 Å². The molecule has 2 nitrogen and oxygen atoms in total. The Kier molecular flexibility index (Phi) is 32.2. The smallest absolute Gasteiger partial charge is 0.222 e. The van der Waals surface area contributed by atoms with Crippen molar-refractivity contribution in [1.82, 2.24) is 0 Å². The van der Waals surface area contributed by atoms with Crippen molar-refractivity contribution in [3.05, 3.63) is 0 Å². The van der Waals surface area contributed by atoms with Gasteiger partial charge in [-0.25, -0.2) is 10.2 Å². The van der Waals surface area contributed by atoms with Crippen LogP contribution in [-0.2, 0) is 4.79 Å². The molecule has 0 aromatic heterocycles. The van der Waals surface area contributed by atoms with Gasteiger partial charge in [-0.15, -0.1) is 0 Å². The molecule has 0 fully saturated rings. The van der Waals surface area contributed by atoms with E-state index in [4.69, 9.17) is 10.2 Å². The fourth-order valence-corrected chi connectivity index (χ4v) is 0. The van der Waals surface area contributed by atoms with Crippen LogP contribution in [0.1, 0.15) is 0 Å². The molecule has 1 N–H and O–H groups in total. The number of nitrogens with one attached hydrogen (secondary N) is 1. The van der Waals surface area contributed by atoms with Crippen LogP contribution >= 0.6 is 9.90 Å². The topological polar surface area (TPSA) is 40.9 Å². The third-order valence-corrected chi connectivity index (χ3v) is 0. The molecule has 0 heterocycles. The van der Waals surface area contributed by atoms with Gasteiger partial charge in [-0.1, -0.05) is 0 Å². The second-order valence-corrected chi connectivity index (χ2v) is 0.102. The molecule has 21 valence electrons. The fraction of sp³-hybridized carbons (Fsp3) is 0. The summed E-state index contributed by atoms with van der Waals surface area (Å²) in [5.41, 5.74) is 0. The van der Waals surface area contributed by atoms with Gasteiger partial charge in [-0.3, -0.25) is 0 Å². The molecule has 0 aliphatic rings. The second-order valence-electron chi connectivity index (χ2n) is 0.102. The normalized spacial score (nSPS) is 2.00. The van der Waals surface area contributed by atoms with Gasteiger partial charge < -0.3 is 0 Å². The highest BCUT2D eigenvalue weighted by atomic mass is 31.0. The molecule has 0 amide bonds.